The lowest BCUT2D eigenvalue weighted by Gasteiger charge is -2.28. The normalized spacial score (nSPS) is 20.3. The molecule has 12 aromatic rings. The predicted molar refractivity (Wildman–Crippen MR) is 407 cm³/mol. The number of H-pyrrole nitrogens is 3. The van der Waals surface area contributed by atoms with Crippen LogP contribution in [0.3, 0.4) is 0 Å². The van der Waals surface area contributed by atoms with E-state index in [0.29, 0.717) is 45.5 Å². The maximum atomic E-state index is 13.9. The van der Waals surface area contributed by atoms with Crippen LogP contribution in [0.15, 0.2) is 152 Å². The Kier molecular flexibility index (Phi) is 14.5. The monoisotopic (exact) mass is 1500 g/mol. The SMILES string of the molecule is [2H]C1([2H])C(=C([N+]#[C-])c2ccccc2)C([2H])([2H])C([2H])([2H])N(C(=O)C(=O)c2c[nH]c3c(-n4cnc(C)n4)ncc(OC)c23)C1([2H])[2H].[2H]c1c([2H])c(C([N+]#[C-])=C2C([2H])([2H])C([2H])([2H])N(C(=O)C(=O)c3c[nH]c4c(-n5cnc(C)n5)ncc(OC)c34)C([2H])([2H])C2([2H])[2H])c([2H])c([2H])c1C.[2H]c1c([2H])c(C([N+]#[C-])=C2CCN(C(=O)C(=O)c3c[nH]c4c(-n5cnc(C)n5)ncc(OC)c34)CC2)c([2H])c([2H])c1C. The van der Waals surface area contributed by atoms with E-state index >= 15 is 0 Å². The van der Waals surface area contributed by atoms with Crippen molar-refractivity contribution in [1.29, 1.82) is 0 Å². The van der Waals surface area contributed by atoms with Gasteiger partial charge in [-0.25, -0.2) is 58.5 Å². The van der Waals surface area contributed by atoms with Gasteiger partial charge in [-0.15, -0.1) is 0 Å². The van der Waals surface area contributed by atoms with Gasteiger partial charge in [0.05, 0.1) is 120 Å². The van der Waals surface area contributed by atoms with Gasteiger partial charge in [-0.2, -0.15) is 15.3 Å². The number of benzene rings is 3. The molecule has 30 heteroatoms. The van der Waals surface area contributed by atoms with Gasteiger partial charge >= 0.3 is 0 Å². The highest BCUT2D eigenvalue weighted by Crippen LogP contribution is 2.38. The molecule has 0 radical (unpaired) electrons. The van der Waals surface area contributed by atoms with E-state index in [4.69, 9.17) is 66.8 Å². The first kappa shape index (κ1) is 49.4. The Morgan fingerprint density at radius 3 is 1.06 bits per heavy atom. The van der Waals surface area contributed by atoms with Gasteiger partial charge in [-0.05, 0) is 89.6 Å². The number of fused-ring (bicyclic) bond motifs is 3. The fourth-order valence-corrected chi connectivity index (χ4v) is 11.5. The number of carbonyl (C=O) groups excluding carboxylic acids is 6. The first-order valence-electron chi connectivity index (χ1n) is 44.7. The smallest absolute Gasteiger partial charge is 0.295 e. The Balaban J connectivity index is 0.000000171. The Hall–Kier alpha value is -14.3. The minimum Gasteiger partial charge on any atom is -0.494 e. The highest BCUT2D eigenvalue weighted by Gasteiger charge is 2.35. The number of pyridine rings is 3. The molecule has 552 valence electrons. The summed E-state index contributed by atoms with van der Waals surface area (Å²) in [5.74, 6) is -6.15. The molecule has 3 aromatic carbocycles. The molecule has 3 amide bonds. The van der Waals surface area contributed by atoms with Crippen molar-refractivity contribution in [3.05, 3.63) is 248 Å². The summed E-state index contributed by atoms with van der Waals surface area (Å²) in [6.45, 7) is 16.1. The zero-order valence-electron chi connectivity index (χ0n) is 83.1. The van der Waals surface area contributed by atoms with Gasteiger partial charge in [0.15, 0.2) is 34.5 Å². The number of ether oxygens (including phenoxy) is 3. The number of likely N-dealkylation sites (tertiary alicyclic amines) is 3. The van der Waals surface area contributed by atoms with Crippen molar-refractivity contribution < 1.29 is 75.9 Å². The van der Waals surface area contributed by atoms with E-state index in [1.807, 2.05) is 0 Å². The summed E-state index contributed by atoms with van der Waals surface area (Å²) in [6, 6.07) is 3.38. The molecular weight excluding hydrogens is 1400 g/mol. The molecule has 0 unspecified atom stereocenters. The Labute approximate surface area is 664 Å². The van der Waals surface area contributed by atoms with Crippen LogP contribution in [-0.4, -0.2) is 184 Å². The number of hydrogen-bond acceptors (Lipinski definition) is 18. The molecule has 9 aromatic heterocycles. The minimum atomic E-state index is -3.90. The molecule has 0 saturated carbocycles. The van der Waals surface area contributed by atoms with Crippen molar-refractivity contribution in [2.45, 2.75) is 73.0 Å². The molecule has 0 spiro atoms. The van der Waals surface area contributed by atoms with E-state index in [1.165, 1.54) is 122 Å². The fourth-order valence-electron chi connectivity index (χ4n) is 11.5. The van der Waals surface area contributed by atoms with E-state index < -0.39 is 155 Å². The highest BCUT2D eigenvalue weighted by molar-refractivity contribution is 6.46. The lowest BCUT2D eigenvalue weighted by molar-refractivity contribution is -0.127. The second kappa shape index (κ2) is 32.2. The van der Waals surface area contributed by atoms with Crippen molar-refractivity contribution in [2.24, 2.45) is 0 Å². The molecule has 3 saturated heterocycles. The number of Topliss-reactive ketones (excluding diaryl/α,β-unsaturated/α-hetero) is 3. The third-order valence-electron chi connectivity index (χ3n) is 16.8. The third kappa shape index (κ3) is 14.9. The van der Waals surface area contributed by atoms with Crippen molar-refractivity contribution in [3.63, 3.8) is 0 Å². The molecule has 0 aliphatic carbocycles. The number of aromatic nitrogens is 15. The number of amides is 3. The van der Waals surface area contributed by atoms with E-state index in [1.54, 1.807) is 26.8 Å². The van der Waals surface area contributed by atoms with Gasteiger partial charge in [0.2, 0.25) is 0 Å². The van der Waals surface area contributed by atoms with Crippen molar-refractivity contribution >= 4 is 84.9 Å². The minimum absolute atomic E-state index is 0.00751. The summed E-state index contributed by atoms with van der Waals surface area (Å²) in [7, 11) is 3.95. The quantitative estimate of drug-likeness (QED) is 0.0488. The number of rotatable bonds is 15. The maximum absolute atomic E-state index is 13.9. The lowest BCUT2D eigenvalue weighted by atomic mass is 9.97. The molecule has 3 aliphatic rings. The molecule has 3 aliphatic heterocycles. The zero-order valence-corrected chi connectivity index (χ0v) is 59.1. The van der Waals surface area contributed by atoms with Gasteiger partial charge in [-0.3, -0.25) is 28.8 Å². The van der Waals surface area contributed by atoms with E-state index in [2.05, 4.69) is 74.7 Å². The van der Waals surface area contributed by atoms with Crippen LogP contribution in [0.4, 0.5) is 0 Å². The average molecular weight is 1500 g/mol. The van der Waals surface area contributed by atoms with Crippen LogP contribution in [0.1, 0.15) is 148 Å². The van der Waals surface area contributed by atoms with Gasteiger partial charge in [0.25, 0.3) is 35.1 Å². The van der Waals surface area contributed by atoms with Crippen LogP contribution in [0.5, 0.6) is 17.2 Å². The van der Waals surface area contributed by atoms with Crippen LogP contribution in [0.25, 0.3) is 81.8 Å². The first-order chi connectivity index (χ1) is 62.7. The molecule has 0 atom stereocenters. The van der Waals surface area contributed by atoms with Crippen LogP contribution < -0.4 is 14.2 Å². The van der Waals surface area contributed by atoms with E-state index in [-0.39, 0.29) is 133 Å². The average Bonchev–Trinajstić information content (AvgIpc) is 0.751. The summed E-state index contributed by atoms with van der Waals surface area (Å²) in [5.41, 5.74) is -4.74. The first-order valence-corrected chi connectivity index (χ1v) is 32.7. The van der Waals surface area contributed by atoms with Crippen molar-refractivity contribution in [2.75, 3.05) is 60.4 Å². The van der Waals surface area contributed by atoms with Crippen LogP contribution in [0.2, 0.25) is 0 Å². The molecule has 15 rings (SSSR count). The van der Waals surface area contributed by atoms with Crippen molar-refractivity contribution in [3.8, 4) is 34.7 Å². The van der Waals surface area contributed by atoms with Gasteiger partial charge in [0, 0.05) is 79.6 Å². The second-order valence-electron chi connectivity index (χ2n) is 23.6. The number of methoxy groups -OCH3 is 3. The predicted octanol–water partition coefficient (Wildman–Crippen LogP) is 11.4. The molecular formula is C80H73N21O9. The Morgan fingerprint density at radius 2 is 0.755 bits per heavy atom. The number of aromatic amines is 3. The molecule has 30 nitrogen and oxygen atoms in total. The molecule has 3 fully saturated rings. The second-order valence-corrected chi connectivity index (χ2v) is 23.6. The highest BCUT2D eigenvalue weighted by atomic mass is 16.5. The largest absolute Gasteiger partial charge is 0.494 e. The number of nitrogens with zero attached hydrogens (tertiary/aromatic N) is 18. The lowest BCUT2D eigenvalue weighted by Crippen LogP contribution is -2.40. The van der Waals surface area contributed by atoms with Gasteiger partial charge in [-0.1, -0.05) is 107 Å². The van der Waals surface area contributed by atoms with Crippen molar-refractivity contribution in [1.82, 2.24) is 88.9 Å². The number of piperidine rings is 3. The van der Waals surface area contributed by atoms with Crippen LogP contribution >= 0.6 is 0 Å². The number of aryl methyl sites for hydroxylation is 3. The molecule has 12 heterocycles. The summed E-state index contributed by atoms with van der Waals surface area (Å²) in [6.07, 6.45) is -2.43. The Morgan fingerprint density at radius 1 is 0.436 bits per heavy atom. The summed E-state index contributed by atoms with van der Waals surface area (Å²) in [5, 5.41) is 13.0. The number of ketones is 3. The number of nitrogens with one attached hydrogen (secondary N) is 3. The van der Waals surface area contributed by atoms with E-state index in [9.17, 15) is 28.8 Å². The van der Waals surface area contributed by atoms with Crippen LogP contribution in [0, 0.1) is 54.3 Å². The molecule has 0 bridgehead atoms. The number of carbonyl (C=O) groups is 6. The Bertz CT molecular complexity index is 7090. The van der Waals surface area contributed by atoms with Crippen LogP contribution in [-0.2, 0) is 14.4 Å². The van der Waals surface area contributed by atoms with Gasteiger partial charge in [0.1, 0.15) is 53.7 Å². The maximum Gasteiger partial charge on any atom is 0.295 e. The standard InChI is InChI=1S/2C27H25N7O3.C26H23N7O3/c2*1-16-5-7-18(8-6-16)23(28-3)19-9-11-33(12-10-19)27(36)25(35)20-13-29-24-22(20)21(37-4)14-30-26(24)34-15-31-17(2)32-34;1-16-30-15-33(31-16)25-23-21(20(36-3)14-29-25)19(13-28-23)24(34)26(35)32-11-9-18(10-12-32)22(27-2)17-7-5-4-6-8-17/h2*5-8,13-15,29H,9-12H2,1-2,4H3;4-8,13-15,28H,9-12H2,1,3H3/i5D,6D,7D,8D,9D2,10D2,11D2,12D2;5D,6D,7D,8D;9D2,10D2,11D2,12D2. The fraction of sp³-hybridized carbons (Fsp3) is 0.250. The number of hydrogen-bond donors (Lipinski definition) is 3. The molecule has 3 N–H and O–H groups in total. The summed E-state index contributed by atoms with van der Waals surface area (Å²) >= 11 is 0. The summed E-state index contributed by atoms with van der Waals surface area (Å²) < 4.78 is 225. The topological polar surface area (TPSA) is 331 Å². The zero-order chi connectivity index (χ0) is 98.7. The third-order valence-corrected chi connectivity index (χ3v) is 16.8. The molecule has 110 heavy (non-hydrogen) atoms. The van der Waals surface area contributed by atoms with Gasteiger partial charge < -0.3 is 43.9 Å². The summed E-state index contributed by atoms with van der Waals surface area (Å²) in [4.78, 5) is 126. The van der Waals surface area contributed by atoms with E-state index in [0.717, 1.165) is 12.4 Å².